The number of hydrogen-bond acceptors (Lipinski definition) is 4. The Hall–Kier alpha value is -1.85. The highest BCUT2D eigenvalue weighted by Gasteiger charge is 2.30. The van der Waals surface area contributed by atoms with Gasteiger partial charge in [-0.1, -0.05) is 13.8 Å². The molecular weight excluding hydrogens is 246 g/mol. The summed E-state index contributed by atoms with van der Waals surface area (Å²) in [5, 5.41) is 0. The Morgan fingerprint density at radius 1 is 1.26 bits per heavy atom. The van der Waals surface area contributed by atoms with Crippen molar-refractivity contribution in [2.24, 2.45) is 0 Å². The summed E-state index contributed by atoms with van der Waals surface area (Å²) in [5.41, 5.74) is 0.613. The van der Waals surface area contributed by atoms with Crippen LogP contribution in [0, 0.1) is 6.92 Å². The van der Waals surface area contributed by atoms with Gasteiger partial charge in [0.15, 0.2) is 5.89 Å². The number of hydrogen-bond donors (Lipinski definition) is 0. The van der Waals surface area contributed by atoms with Crippen molar-refractivity contribution < 1.29 is 14.0 Å². The van der Waals surface area contributed by atoms with Crippen molar-refractivity contribution in [1.82, 2.24) is 14.8 Å². The second kappa shape index (κ2) is 5.42. The van der Waals surface area contributed by atoms with Gasteiger partial charge in [0.1, 0.15) is 0 Å². The van der Waals surface area contributed by atoms with Crippen LogP contribution in [0.4, 0.5) is 0 Å². The van der Waals surface area contributed by atoms with Crippen LogP contribution in [0.15, 0.2) is 4.42 Å². The number of oxazole rings is 1. The molecular formula is C13H19N3O3. The monoisotopic (exact) mass is 265 g/mol. The Balaban J connectivity index is 2.08. The number of carbonyl (C=O) groups excluding carboxylic acids is 2. The standard InChI is InChI=1S/C13H19N3O3/c1-4-10-14-9(3)12(19-10)13(18)16-7-6-15(8-16)11(17)5-2/h4-8H2,1-3H3. The second-order valence-corrected chi connectivity index (χ2v) is 4.60. The van der Waals surface area contributed by atoms with E-state index in [2.05, 4.69) is 4.98 Å². The lowest BCUT2D eigenvalue weighted by Gasteiger charge is -2.17. The third-order valence-electron chi connectivity index (χ3n) is 3.26. The summed E-state index contributed by atoms with van der Waals surface area (Å²) in [5.74, 6) is 0.749. The van der Waals surface area contributed by atoms with E-state index in [0.29, 0.717) is 49.9 Å². The molecule has 1 aromatic rings. The summed E-state index contributed by atoms with van der Waals surface area (Å²) in [4.78, 5) is 31.4. The normalized spacial score (nSPS) is 15.1. The van der Waals surface area contributed by atoms with Crippen LogP contribution in [0.5, 0.6) is 0 Å². The maximum Gasteiger partial charge on any atom is 0.293 e. The first-order valence-corrected chi connectivity index (χ1v) is 6.60. The van der Waals surface area contributed by atoms with Crippen molar-refractivity contribution >= 4 is 11.8 Å². The Bertz CT molecular complexity index is 495. The molecule has 1 saturated heterocycles. The van der Waals surface area contributed by atoms with Crippen molar-refractivity contribution in [3.8, 4) is 0 Å². The third-order valence-corrected chi connectivity index (χ3v) is 3.26. The van der Waals surface area contributed by atoms with Crippen LogP contribution in [-0.4, -0.2) is 46.4 Å². The van der Waals surface area contributed by atoms with Crippen LogP contribution in [0.25, 0.3) is 0 Å². The van der Waals surface area contributed by atoms with Crippen LogP contribution >= 0.6 is 0 Å². The van der Waals surface area contributed by atoms with Crippen LogP contribution in [0.2, 0.25) is 0 Å². The molecule has 19 heavy (non-hydrogen) atoms. The van der Waals surface area contributed by atoms with Crippen molar-refractivity contribution in [2.45, 2.75) is 33.6 Å². The fourth-order valence-corrected chi connectivity index (χ4v) is 2.13. The largest absolute Gasteiger partial charge is 0.435 e. The Kier molecular flexibility index (Phi) is 3.87. The quantitative estimate of drug-likeness (QED) is 0.823. The predicted octanol–water partition coefficient (Wildman–Crippen LogP) is 1.20. The predicted molar refractivity (Wildman–Crippen MR) is 68.5 cm³/mol. The van der Waals surface area contributed by atoms with E-state index in [1.807, 2.05) is 13.8 Å². The molecule has 0 saturated carbocycles. The second-order valence-electron chi connectivity index (χ2n) is 4.60. The molecule has 0 atom stereocenters. The highest BCUT2D eigenvalue weighted by atomic mass is 16.4. The van der Waals surface area contributed by atoms with Crippen LogP contribution in [0.1, 0.15) is 42.4 Å². The van der Waals surface area contributed by atoms with E-state index >= 15 is 0 Å². The molecule has 2 amide bonds. The highest BCUT2D eigenvalue weighted by molar-refractivity contribution is 5.93. The molecule has 0 aromatic carbocycles. The molecule has 0 radical (unpaired) electrons. The number of amides is 2. The molecule has 6 heteroatoms. The topological polar surface area (TPSA) is 66.7 Å². The summed E-state index contributed by atoms with van der Waals surface area (Å²) in [6.07, 6.45) is 1.12. The van der Waals surface area contributed by atoms with Gasteiger partial charge < -0.3 is 14.2 Å². The lowest BCUT2D eigenvalue weighted by molar-refractivity contribution is -0.130. The number of carbonyl (C=O) groups is 2. The summed E-state index contributed by atoms with van der Waals surface area (Å²) >= 11 is 0. The fraction of sp³-hybridized carbons (Fsp3) is 0.615. The smallest absolute Gasteiger partial charge is 0.293 e. The fourth-order valence-electron chi connectivity index (χ4n) is 2.13. The van der Waals surface area contributed by atoms with Crippen molar-refractivity contribution in [3.63, 3.8) is 0 Å². The highest BCUT2D eigenvalue weighted by Crippen LogP contribution is 2.16. The number of rotatable bonds is 3. The minimum Gasteiger partial charge on any atom is -0.435 e. The van der Waals surface area contributed by atoms with Gasteiger partial charge in [-0.15, -0.1) is 0 Å². The Morgan fingerprint density at radius 3 is 2.53 bits per heavy atom. The van der Waals surface area contributed by atoms with Gasteiger partial charge in [0, 0.05) is 25.9 Å². The molecule has 1 aromatic heterocycles. The first-order chi connectivity index (χ1) is 9.06. The first-order valence-electron chi connectivity index (χ1n) is 6.60. The molecule has 2 heterocycles. The van der Waals surface area contributed by atoms with Crippen LogP contribution in [0.3, 0.4) is 0 Å². The maximum atomic E-state index is 12.3. The molecule has 1 aliphatic heterocycles. The molecule has 0 bridgehead atoms. The van der Waals surface area contributed by atoms with Gasteiger partial charge in [0.25, 0.3) is 5.91 Å². The maximum absolute atomic E-state index is 12.3. The lowest BCUT2D eigenvalue weighted by Crippen LogP contribution is -2.33. The zero-order valence-corrected chi connectivity index (χ0v) is 11.6. The van der Waals surface area contributed by atoms with E-state index in [1.54, 1.807) is 16.7 Å². The van der Waals surface area contributed by atoms with E-state index in [4.69, 9.17) is 4.42 Å². The van der Waals surface area contributed by atoms with Gasteiger partial charge in [0.2, 0.25) is 11.7 Å². The molecule has 104 valence electrons. The lowest BCUT2D eigenvalue weighted by atomic mass is 10.3. The average Bonchev–Trinajstić information content (AvgIpc) is 3.03. The van der Waals surface area contributed by atoms with Gasteiger partial charge in [-0.25, -0.2) is 4.98 Å². The summed E-state index contributed by atoms with van der Waals surface area (Å²) in [7, 11) is 0. The molecule has 2 rings (SSSR count). The molecule has 0 spiro atoms. The molecule has 0 N–H and O–H groups in total. The molecule has 0 unspecified atom stereocenters. The van der Waals surface area contributed by atoms with Gasteiger partial charge in [-0.3, -0.25) is 9.59 Å². The minimum atomic E-state index is -0.184. The molecule has 1 fully saturated rings. The van der Waals surface area contributed by atoms with Crippen molar-refractivity contribution in [1.29, 1.82) is 0 Å². The summed E-state index contributed by atoms with van der Waals surface area (Å²) in [6.45, 7) is 6.99. The number of nitrogens with zero attached hydrogens (tertiary/aromatic N) is 3. The van der Waals surface area contributed by atoms with Crippen LogP contribution < -0.4 is 0 Å². The van der Waals surface area contributed by atoms with Crippen LogP contribution in [-0.2, 0) is 11.2 Å². The van der Waals surface area contributed by atoms with E-state index in [-0.39, 0.29) is 11.8 Å². The Labute approximate surface area is 112 Å². The summed E-state index contributed by atoms with van der Waals surface area (Å²) < 4.78 is 5.45. The zero-order chi connectivity index (χ0) is 14.0. The van der Waals surface area contributed by atoms with E-state index in [9.17, 15) is 9.59 Å². The van der Waals surface area contributed by atoms with E-state index < -0.39 is 0 Å². The van der Waals surface area contributed by atoms with Crippen molar-refractivity contribution in [2.75, 3.05) is 19.8 Å². The third kappa shape index (κ3) is 2.62. The van der Waals surface area contributed by atoms with Gasteiger partial charge >= 0.3 is 0 Å². The van der Waals surface area contributed by atoms with Gasteiger partial charge in [-0.2, -0.15) is 0 Å². The zero-order valence-electron chi connectivity index (χ0n) is 11.6. The SMILES string of the molecule is CCC(=O)N1CCN(C(=O)c2oc(CC)nc2C)C1. The van der Waals surface area contributed by atoms with Gasteiger partial charge in [0.05, 0.1) is 12.4 Å². The molecule has 6 nitrogen and oxygen atoms in total. The van der Waals surface area contributed by atoms with E-state index in [1.165, 1.54) is 0 Å². The minimum absolute atomic E-state index is 0.0684. The van der Waals surface area contributed by atoms with Gasteiger partial charge in [-0.05, 0) is 6.92 Å². The average molecular weight is 265 g/mol. The van der Waals surface area contributed by atoms with Crippen molar-refractivity contribution in [3.05, 3.63) is 17.3 Å². The Morgan fingerprint density at radius 2 is 1.95 bits per heavy atom. The summed E-state index contributed by atoms with van der Waals surface area (Å²) in [6, 6.07) is 0. The first kappa shape index (κ1) is 13.6. The molecule has 0 aliphatic carbocycles. The van der Waals surface area contributed by atoms with E-state index in [0.717, 1.165) is 0 Å². The number of aryl methyl sites for hydroxylation is 2. The number of aromatic nitrogens is 1. The molecule has 1 aliphatic rings.